The summed E-state index contributed by atoms with van der Waals surface area (Å²) in [7, 11) is 0. The first kappa shape index (κ1) is 9.71. The van der Waals surface area contributed by atoms with E-state index >= 15 is 0 Å². The highest BCUT2D eigenvalue weighted by Gasteiger charge is 2.17. The molecule has 0 aliphatic heterocycles. The fraction of sp³-hybridized carbons (Fsp3) is 0.556. The molecule has 1 rings (SSSR count). The molecule has 1 aromatic heterocycles. The van der Waals surface area contributed by atoms with Crippen molar-refractivity contribution in [2.75, 3.05) is 0 Å². The average molecular weight is 186 g/mol. The molecule has 0 saturated carbocycles. The quantitative estimate of drug-likeness (QED) is 0.754. The van der Waals surface area contributed by atoms with Crippen molar-refractivity contribution in [1.29, 1.82) is 0 Å². The van der Waals surface area contributed by atoms with Crippen LogP contribution in [-0.2, 0) is 0 Å². The Bertz CT molecular complexity index is 208. The number of hydrogen-bond donors (Lipinski definition) is 2. The molecule has 0 aliphatic carbocycles. The monoisotopic (exact) mass is 186 g/mol. The minimum absolute atomic E-state index is 0.617. The second-order valence-electron chi connectivity index (χ2n) is 2.82. The molecular weight excluding hydrogens is 172 g/mol. The Morgan fingerprint density at radius 1 is 1.50 bits per heavy atom. The maximum atomic E-state index is 9.57. The highest BCUT2D eigenvalue weighted by atomic mass is 32.1. The summed E-state index contributed by atoms with van der Waals surface area (Å²) in [5.74, 6) is 0. The van der Waals surface area contributed by atoms with Crippen molar-refractivity contribution in [2.45, 2.75) is 32.0 Å². The molecule has 0 amide bonds. The second kappa shape index (κ2) is 4.60. The van der Waals surface area contributed by atoms with Crippen LogP contribution in [0.2, 0.25) is 0 Å². The van der Waals surface area contributed by atoms with Crippen LogP contribution in [-0.4, -0.2) is 16.3 Å². The molecule has 0 bridgehead atoms. The van der Waals surface area contributed by atoms with E-state index in [2.05, 4.69) is 0 Å². The van der Waals surface area contributed by atoms with Gasteiger partial charge in [-0.3, -0.25) is 0 Å². The van der Waals surface area contributed by atoms with E-state index in [-0.39, 0.29) is 0 Å². The first-order valence-corrected chi connectivity index (χ1v) is 5.03. The Labute approximate surface area is 76.5 Å². The first-order chi connectivity index (χ1) is 5.75. The average Bonchev–Trinajstić information content (AvgIpc) is 2.55. The van der Waals surface area contributed by atoms with Gasteiger partial charge in [-0.25, -0.2) is 0 Å². The zero-order valence-corrected chi connectivity index (χ0v) is 7.92. The fourth-order valence-corrected chi connectivity index (χ4v) is 1.87. The Hall–Kier alpha value is -0.380. The lowest BCUT2D eigenvalue weighted by atomic mass is 10.1. The summed E-state index contributed by atoms with van der Waals surface area (Å²) in [5.41, 5.74) is 0. The molecule has 2 unspecified atom stereocenters. The maximum Gasteiger partial charge on any atom is 0.114 e. The number of thiophene rings is 1. The summed E-state index contributed by atoms with van der Waals surface area (Å²) in [4.78, 5) is 0.843. The summed E-state index contributed by atoms with van der Waals surface area (Å²) in [6, 6.07) is 3.72. The van der Waals surface area contributed by atoms with Crippen molar-refractivity contribution in [1.82, 2.24) is 0 Å². The van der Waals surface area contributed by atoms with Crippen molar-refractivity contribution in [3.05, 3.63) is 22.4 Å². The van der Waals surface area contributed by atoms with E-state index < -0.39 is 12.2 Å². The number of hydrogen-bond acceptors (Lipinski definition) is 3. The standard InChI is InChI=1S/C9H14O2S/c1-2-4-7(10)9(11)8-5-3-6-12-8/h3,5-7,9-11H,2,4H2,1H3. The van der Waals surface area contributed by atoms with Crippen LogP contribution in [0.4, 0.5) is 0 Å². The minimum atomic E-state index is -0.704. The molecule has 0 saturated heterocycles. The number of rotatable bonds is 4. The zero-order valence-electron chi connectivity index (χ0n) is 7.10. The van der Waals surface area contributed by atoms with Crippen LogP contribution < -0.4 is 0 Å². The van der Waals surface area contributed by atoms with Crippen LogP contribution in [0.1, 0.15) is 30.7 Å². The largest absolute Gasteiger partial charge is 0.390 e. The van der Waals surface area contributed by atoms with Gasteiger partial charge in [0.05, 0.1) is 6.10 Å². The summed E-state index contributed by atoms with van der Waals surface area (Å²) in [6.45, 7) is 1.99. The van der Waals surface area contributed by atoms with Gasteiger partial charge in [0.2, 0.25) is 0 Å². The molecule has 3 heteroatoms. The maximum absolute atomic E-state index is 9.57. The fourth-order valence-electron chi connectivity index (χ4n) is 1.10. The third kappa shape index (κ3) is 2.30. The van der Waals surface area contributed by atoms with Crippen LogP contribution in [0.5, 0.6) is 0 Å². The van der Waals surface area contributed by atoms with Gasteiger partial charge in [0.15, 0.2) is 0 Å². The van der Waals surface area contributed by atoms with E-state index in [1.165, 1.54) is 11.3 Å². The molecule has 0 aliphatic rings. The van der Waals surface area contributed by atoms with E-state index in [9.17, 15) is 10.2 Å². The molecule has 68 valence electrons. The second-order valence-corrected chi connectivity index (χ2v) is 3.80. The highest BCUT2D eigenvalue weighted by Crippen LogP contribution is 2.23. The Kier molecular flexibility index (Phi) is 3.72. The van der Waals surface area contributed by atoms with Gasteiger partial charge in [-0.15, -0.1) is 11.3 Å². The first-order valence-electron chi connectivity index (χ1n) is 4.15. The molecule has 1 aromatic rings. The lowest BCUT2D eigenvalue weighted by Crippen LogP contribution is -2.16. The lowest BCUT2D eigenvalue weighted by Gasteiger charge is -2.15. The topological polar surface area (TPSA) is 40.5 Å². The van der Waals surface area contributed by atoms with Gasteiger partial charge in [-0.2, -0.15) is 0 Å². The van der Waals surface area contributed by atoms with Gasteiger partial charge in [-0.1, -0.05) is 19.4 Å². The van der Waals surface area contributed by atoms with Crippen molar-refractivity contribution in [3.63, 3.8) is 0 Å². The molecule has 2 N–H and O–H groups in total. The van der Waals surface area contributed by atoms with Crippen LogP contribution in [0, 0.1) is 0 Å². The van der Waals surface area contributed by atoms with Crippen molar-refractivity contribution >= 4 is 11.3 Å². The van der Waals surface area contributed by atoms with Crippen LogP contribution >= 0.6 is 11.3 Å². The summed E-state index contributed by atoms with van der Waals surface area (Å²) >= 11 is 1.48. The van der Waals surface area contributed by atoms with E-state index in [1.807, 2.05) is 24.4 Å². The van der Waals surface area contributed by atoms with Crippen LogP contribution in [0.15, 0.2) is 17.5 Å². The third-order valence-electron chi connectivity index (χ3n) is 1.78. The minimum Gasteiger partial charge on any atom is -0.390 e. The number of aliphatic hydroxyl groups is 2. The van der Waals surface area contributed by atoms with Gasteiger partial charge in [0.1, 0.15) is 6.10 Å². The SMILES string of the molecule is CCCC(O)C(O)c1cccs1. The zero-order chi connectivity index (χ0) is 8.97. The molecule has 0 spiro atoms. The van der Waals surface area contributed by atoms with Gasteiger partial charge in [0, 0.05) is 4.88 Å². The summed E-state index contributed by atoms with van der Waals surface area (Å²) in [6.07, 6.45) is 0.224. The summed E-state index contributed by atoms with van der Waals surface area (Å²) < 4.78 is 0. The van der Waals surface area contributed by atoms with Crippen molar-refractivity contribution in [3.8, 4) is 0 Å². The van der Waals surface area contributed by atoms with Crippen molar-refractivity contribution in [2.24, 2.45) is 0 Å². The van der Waals surface area contributed by atoms with E-state index in [1.54, 1.807) is 0 Å². The normalized spacial score (nSPS) is 15.9. The van der Waals surface area contributed by atoms with Gasteiger partial charge >= 0.3 is 0 Å². The van der Waals surface area contributed by atoms with Gasteiger partial charge < -0.3 is 10.2 Å². The Morgan fingerprint density at radius 2 is 2.25 bits per heavy atom. The van der Waals surface area contributed by atoms with E-state index in [0.29, 0.717) is 6.42 Å². The van der Waals surface area contributed by atoms with Gasteiger partial charge in [0.25, 0.3) is 0 Å². The molecule has 1 heterocycles. The molecule has 0 aromatic carbocycles. The number of aliphatic hydroxyl groups excluding tert-OH is 2. The highest BCUT2D eigenvalue weighted by molar-refractivity contribution is 7.10. The molecule has 2 atom stereocenters. The van der Waals surface area contributed by atoms with E-state index in [4.69, 9.17) is 0 Å². The molecule has 0 radical (unpaired) electrons. The van der Waals surface area contributed by atoms with Crippen LogP contribution in [0.25, 0.3) is 0 Å². The Morgan fingerprint density at radius 3 is 2.75 bits per heavy atom. The molecule has 0 fully saturated rings. The smallest absolute Gasteiger partial charge is 0.114 e. The van der Waals surface area contributed by atoms with E-state index in [0.717, 1.165) is 11.3 Å². The van der Waals surface area contributed by atoms with Crippen molar-refractivity contribution < 1.29 is 10.2 Å². The predicted molar refractivity (Wildman–Crippen MR) is 50.2 cm³/mol. The Balaban J connectivity index is 2.53. The molecule has 2 nitrogen and oxygen atoms in total. The predicted octanol–water partition coefficient (Wildman–Crippen LogP) is 1.94. The lowest BCUT2D eigenvalue weighted by molar-refractivity contribution is 0.0152. The third-order valence-corrected chi connectivity index (χ3v) is 2.73. The molecular formula is C9H14O2S. The van der Waals surface area contributed by atoms with Gasteiger partial charge in [-0.05, 0) is 17.9 Å². The van der Waals surface area contributed by atoms with Crippen LogP contribution in [0.3, 0.4) is 0 Å². The summed E-state index contributed by atoms with van der Waals surface area (Å²) in [5, 5.41) is 20.9. The molecule has 12 heavy (non-hydrogen) atoms.